The van der Waals surface area contributed by atoms with Crippen LogP contribution < -0.4 is 4.90 Å². The highest BCUT2D eigenvalue weighted by atomic mass is 15.1. The van der Waals surface area contributed by atoms with Gasteiger partial charge in [0.2, 0.25) is 0 Å². The Bertz CT molecular complexity index is 3170. The lowest BCUT2D eigenvalue weighted by Crippen LogP contribution is -2.16. The zero-order chi connectivity index (χ0) is 39.5. The van der Waals surface area contributed by atoms with Crippen molar-refractivity contribution < 1.29 is 0 Å². The molecule has 1 aromatic heterocycles. The highest BCUT2D eigenvalue weighted by Crippen LogP contribution is 2.51. The molecule has 2 nitrogen and oxygen atoms in total. The lowest BCUT2D eigenvalue weighted by atomic mass is 9.82. The van der Waals surface area contributed by atoms with Crippen molar-refractivity contribution in [3.8, 4) is 50.2 Å². The zero-order valence-electron chi connectivity index (χ0n) is 33.2. The van der Waals surface area contributed by atoms with Crippen LogP contribution in [0.2, 0.25) is 0 Å². The Labute approximate surface area is 345 Å². The van der Waals surface area contributed by atoms with Crippen molar-refractivity contribution in [1.29, 1.82) is 0 Å². The lowest BCUT2D eigenvalue weighted by Gasteiger charge is -2.29. The van der Waals surface area contributed by atoms with Gasteiger partial charge in [0.05, 0.1) is 16.7 Å². The van der Waals surface area contributed by atoms with Crippen LogP contribution in [0.4, 0.5) is 17.1 Å². The van der Waals surface area contributed by atoms with E-state index in [1.165, 1.54) is 71.9 Å². The number of rotatable bonds is 7. The molecule has 9 aromatic carbocycles. The van der Waals surface area contributed by atoms with Crippen LogP contribution in [0.5, 0.6) is 0 Å². The number of aromatic nitrogens is 1. The molecule has 59 heavy (non-hydrogen) atoms. The third-order valence-electron chi connectivity index (χ3n) is 12.4. The predicted molar refractivity (Wildman–Crippen MR) is 249 cm³/mol. The zero-order valence-corrected chi connectivity index (χ0v) is 33.2. The van der Waals surface area contributed by atoms with Gasteiger partial charge in [-0.1, -0.05) is 184 Å². The number of hydrogen-bond donors (Lipinski definition) is 0. The highest BCUT2D eigenvalue weighted by molar-refractivity contribution is 6.11. The van der Waals surface area contributed by atoms with Gasteiger partial charge in [-0.05, 0) is 98.6 Å². The molecule has 1 heterocycles. The van der Waals surface area contributed by atoms with E-state index >= 15 is 0 Å². The van der Waals surface area contributed by atoms with Crippen LogP contribution in [-0.4, -0.2) is 4.57 Å². The van der Waals surface area contributed by atoms with Crippen LogP contribution >= 0.6 is 0 Å². The van der Waals surface area contributed by atoms with Gasteiger partial charge in [-0.25, -0.2) is 0 Å². The number of benzene rings is 9. The van der Waals surface area contributed by atoms with Gasteiger partial charge < -0.3 is 9.47 Å². The maximum Gasteiger partial charge on any atom is 0.0562 e. The van der Waals surface area contributed by atoms with Crippen LogP contribution in [0, 0.1) is 0 Å². The molecule has 11 rings (SSSR count). The summed E-state index contributed by atoms with van der Waals surface area (Å²) in [5, 5.41) is 2.46. The normalized spacial score (nSPS) is 12.7. The fourth-order valence-corrected chi connectivity index (χ4v) is 9.56. The molecule has 0 bridgehead atoms. The maximum atomic E-state index is 2.46. The third kappa shape index (κ3) is 5.71. The molecule has 0 saturated carbocycles. The van der Waals surface area contributed by atoms with Crippen molar-refractivity contribution in [3.05, 3.63) is 230 Å². The predicted octanol–water partition coefficient (Wildman–Crippen LogP) is 15.6. The Kier molecular flexibility index (Phi) is 8.20. The SMILES string of the molecule is CC1(C)c2ccccc2-c2ccc(N(c3ccc(-c4ccccc4)c(-c4ccccc4)c3)c3ccc4c5ccccc5n(-c5ccccc5-c5ccccc5)c4c3)cc21. The fraction of sp³-hybridized carbons (Fsp3) is 0.0526. The molecule has 1 aliphatic carbocycles. The quantitative estimate of drug-likeness (QED) is 0.157. The molecule has 10 aromatic rings. The fourth-order valence-electron chi connectivity index (χ4n) is 9.56. The Hall–Kier alpha value is -7.42. The monoisotopic (exact) mass is 754 g/mol. The molecular weight excluding hydrogens is 713 g/mol. The van der Waals surface area contributed by atoms with Gasteiger partial charge in [-0.15, -0.1) is 0 Å². The second-order valence-electron chi connectivity index (χ2n) is 16.1. The average Bonchev–Trinajstić information content (AvgIpc) is 3.75. The Balaban J connectivity index is 1.18. The summed E-state index contributed by atoms with van der Waals surface area (Å²) in [7, 11) is 0. The number of anilines is 3. The maximum absolute atomic E-state index is 2.46. The first kappa shape index (κ1) is 34.8. The largest absolute Gasteiger partial charge is 0.310 e. The third-order valence-corrected chi connectivity index (χ3v) is 12.4. The summed E-state index contributed by atoms with van der Waals surface area (Å²) in [6.45, 7) is 4.73. The molecule has 0 N–H and O–H groups in total. The lowest BCUT2D eigenvalue weighted by molar-refractivity contribution is 0.660. The number of hydrogen-bond acceptors (Lipinski definition) is 1. The highest BCUT2D eigenvalue weighted by Gasteiger charge is 2.36. The minimum absolute atomic E-state index is 0.141. The van der Waals surface area contributed by atoms with Gasteiger partial charge in [0, 0.05) is 38.8 Å². The molecule has 0 aliphatic heterocycles. The van der Waals surface area contributed by atoms with Crippen molar-refractivity contribution >= 4 is 38.9 Å². The molecule has 0 saturated heterocycles. The molecule has 0 atom stereocenters. The second kappa shape index (κ2) is 13.9. The van der Waals surface area contributed by atoms with Crippen LogP contribution in [0.25, 0.3) is 72.0 Å². The number of nitrogens with zero attached hydrogens (tertiary/aromatic N) is 2. The van der Waals surface area contributed by atoms with E-state index in [-0.39, 0.29) is 5.41 Å². The van der Waals surface area contributed by atoms with E-state index in [9.17, 15) is 0 Å². The van der Waals surface area contributed by atoms with Crippen molar-refractivity contribution in [2.75, 3.05) is 4.90 Å². The second-order valence-corrected chi connectivity index (χ2v) is 16.1. The molecule has 0 amide bonds. The summed E-state index contributed by atoms with van der Waals surface area (Å²) >= 11 is 0. The summed E-state index contributed by atoms with van der Waals surface area (Å²) in [5.41, 5.74) is 19.2. The summed E-state index contributed by atoms with van der Waals surface area (Å²) in [6, 6.07) is 79.9. The van der Waals surface area contributed by atoms with Crippen molar-refractivity contribution in [3.63, 3.8) is 0 Å². The summed E-state index contributed by atoms with van der Waals surface area (Å²) in [4.78, 5) is 2.46. The number of para-hydroxylation sites is 2. The smallest absolute Gasteiger partial charge is 0.0562 e. The number of fused-ring (bicyclic) bond motifs is 6. The van der Waals surface area contributed by atoms with E-state index < -0.39 is 0 Å². The van der Waals surface area contributed by atoms with Crippen LogP contribution in [-0.2, 0) is 5.41 Å². The van der Waals surface area contributed by atoms with Gasteiger partial charge in [0.25, 0.3) is 0 Å². The molecule has 1 aliphatic rings. The standard InChI is InChI=1S/C57H42N2/c1-57(2)52-27-15-12-25-47(52)48-34-31-43(37-53(48)57)58(42-30-33-45(39-18-6-3-7-19-39)51(36-42)41-22-10-5-11-23-41)44-32-35-50-49-26-14-17-29-55(49)59(56(50)38-44)54-28-16-13-24-46(54)40-20-8-4-9-21-40/h3-38H,1-2H3. The van der Waals surface area contributed by atoms with E-state index in [2.05, 4.69) is 242 Å². The minimum atomic E-state index is -0.141. The first-order valence-corrected chi connectivity index (χ1v) is 20.5. The van der Waals surface area contributed by atoms with Crippen LogP contribution in [0.1, 0.15) is 25.0 Å². The van der Waals surface area contributed by atoms with Gasteiger partial charge in [-0.3, -0.25) is 0 Å². The van der Waals surface area contributed by atoms with Crippen molar-refractivity contribution in [2.45, 2.75) is 19.3 Å². The van der Waals surface area contributed by atoms with Gasteiger partial charge in [-0.2, -0.15) is 0 Å². The molecule has 0 fully saturated rings. The first-order chi connectivity index (χ1) is 29.0. The van der Waals surface area contributed by atoms with Gasteiger partial charge >= 0.3 is 0 Å². The molecular formula is C57H42N2. The summed E-state index contributed by atoms with van der Waals surface area (Å²) in [6.07, 6.45) is 0. The minimum Gasteiger partial charge on any atom is -0.310 e. The molecule has 280 valence electrons. The van der Waals surface area contributed by atoms with E-state index in [0.29, 0.717) is 0 Å². The Morgan fingerprint density at radius 2 is 0.831 bits per heavy atom. The van der Waals surface area contributed by atoms with Crippen molar-refractivity contribution in [1.82, 2.24) is 4.57 Å². The molecule has 0 radical (unpaired) electrons. The van der Waals surface area contributed by atoms with Gasteiger partial charge in [0.15, 0.2) is 0 Å². The first-order valence-electron chi connectivity index (χ1n) is 20.5. The summed E-state index contributed by atoms with van der Waals surface area (Å²) in [5.74, 6) is 0. The van der Waals surface area contributed by atoms with Crippen LogP contribution in [0.3, 0.4) is 0 Å². The van der Waals surface area contributed by atoms with E-state index in [0.717, 1.165) is 28.3 Å². The summed E-state index contributed by atoms with van der Waals surface area (Å²) < 4.78 is 2.46. The average molecular weight is 755 g/mol. The molecule has 0 spiro atoms. The van der Waals surface area contributed by atoms with Crippen molar-refractivity contribution in [2.24, 2.45) is 0 Å². The van der Waals surface area contributed by atoms with E-state index in [4.69, 9.17) is 0 Å². The van der Waals surface area contributed by atoms with E-state index in [1.807, 2.05) is 0 Å². The van der Waals surface area contributed by atoms with E-state index in [1.54, 1.807) is 0 Å². The Morgan fingerprint density at radius 3 is 1.56 bits per heavy atom. The molecule has 0 unspecified atom stereocenters. The van der Waals surface area contributed by atoms with Crippen LogP contribution in [0.15, 0.2) is 218 Å². The van der Waals surface area contributed by atoms with Gasteiger partial charge in [0.1, 0.15) is 0 Å². The Morgan fingerprint density at radius 1 is 0.339 bits per heavy atom. The molecule has 2 heteroatoms. The topological polar surface area (TPSA) is 8.17 Å².